The number of carbonyl (C=O) groups is 1. The van der Waals surface area contributed by atoms with Crippen LogP contribution in [0.25, 0.3) is 0 Å². The summed E-state index contributed by atoms with van der Waals surface area (Å²) in [5.41, 5.74) is 0.650. The largest absolute Gasteiger partial charge is 0.348 e. The molecule has 26 heavy (non-hydrogen) atoms. The Kier molecular flexibility index (Phi) is 6.54. The molecule has 0 aromatic heterocycles. The van der Waals surface area contributed by atoms with E-state index in [1.165, 1.54) is 41.7 Å². The van der Waals surface area contributed by atoms with E-state index >= 15 is 0 Å². The minimum atomic E-state index is -3.60. The van der Waals surface area contributed by atoms with Crippen LogP contribution in [0.5, 0.6) is 0 Å². The van der Waals surface area contributed by atoms with Crippen molar-refractivity contribution in [2.75, 3.05) is 7.05 Å². The summed E-state index contributed by atoms with van der Waals surface area (Å²) in [5, 5.41) is 2.62. The van der Waals surface area contributed by atoms with E-state index in [-0.39, 0.29) is 17.5 Å². The highest BCUT2D eigenvalue weighted by molar-refractivity contribution is 9.10. The molecule has 0 atom stereocenters. The van der Waals surface area contributed by atoms with Crippen molar-refractivity contribution < 1.29 is 17.6 Å². The first-order valence-electron chi connectivity index (χ1n) is 7.93. The van der Waals surface area contributed by atoms with Gasteiger partial charge in [0.25, 0.3) is 5.91 Å². The van der Waals surface area contributed by atoms with Gasteiger partial charge in [0.05, 0.1) is 4.90 Å². The van der Waals surface area contributed by atoms with Gasteiger partial charge in [0.1, 0.15) is 5.82 Å². The Balaban J connectivity index is 2.10. The molecule has 0 bridgehead atoms. The molecule has 0 spiro atoms. The van der Waals surface area contributed by atoms with Crippen molar-refractivity contribution in [3.05, 3.63) is 63.9 Å². The van der Waals surface area contributed by atoms with Gasteiger partial charge in [-0.1, -0.05) is 15.9 Å². The van der Waals surface area contributed by atoms with Gasteiger partial charge in [0.2, 0.25) is 10.0 Å². The number of hydrogen-bond acceptors (Lipinski definition) is 3. The highest BCUT2D eigenvalue weighted by Gasteiger charge is 2.23. The Morgan fingerprint density at radius 2 is 1.81 bits per heavy atom. The van der Waals surface area contributed by atoms with Crippen LogP contribution in [0.3, 0.4) is 0 Å². The average Bonchev–Trinajstić information content (AvgIpc) is 2.61. The first-order chi connectivity index (χ1) is 12.1. The van der Waals surface area contributed by atoms with E-state index in [4.69, 9.17) is 0 Å². The zero-order valence-electron chi connectivity index (χ0n) is 14.7. The SMILES string of the molecule is CC(C)N(C)S(=O)(=O)c1ccc(C(=O)NCc2cc(Br)ccc2F)cc1. The fourth-order valence-corrected chi connectivity index (χ4v) is 3.95. The lowest BCUT2D eigenvalue weighted by atomic mass is 10.2. The molecule has 2 aromatic carbocycles. The van der Waals surface area contributed by atoms with Gasteiger partial charge in [-0.15, -0.1) is 0 Å². The second-order valence-corrected chi connectivity index (χ2v) is 8.97. The summed E-state index contributed by atoms with van der Waals surface area (Å²) >= 11 is 3.26. The lowest BCUT2D eigenvalue weighted by molar-refractivity contribution is 0.0950. The van der Waals surface area contributed by atoms with Crippen LogP contribution in [0, 0.1) is 5.82 Å². The molecule has 0 saturated heterocycles. The Morgan fingerprint density at radius 3 is 2.38 bits per heavy atom. The first kappa shape index (κ1) is 20.5. The third-order valence-electron chi connectivity index (χ3n) is 3.97. The molecule has 5 nitrogen and oxygen atoms in total. The Bertz CT molecular complexity index is 899. The normalized spacial score (nSPS) is 11.8. The Labute approximate surface area is 161 Å². The van der Waals surface area contributed by atoms with Gasteiger partial charge < -0.3 is 5.32 Å². The van der Waals surface area contributed by atoms with Crippen molar-refractivity contribution >= 4 is 31.9 Å². The van der Waals surface area contributed by atoms with Gasteiger partial charge in [-0.2, -0.15) is 4.31 Å². The van der Waals surface area contributed by atoms with Crippen molar-refractivity contribution in [1.29, 1.82) is 0 Å². The number of benzene rings is 2. The van der Waals surface area contributed by atoms with Crippen LogP contribution in [0.15, 0.2) is 51.8 Å². The topological polar surface area (TPSA) is 66.5 Å². The third-order valence-corrected chi connectivity index (χ3v) is 6.51. The second kappa shape index (κ2) is 8.28. The van der Waals surface area contributed by atoms with Crippen LogP contribution in [0.2, 0.25) is 0 Å². The summed E-state index contributed by atoms with van der Waals surface area (Å²) in [6.45, 7) is 3.58. The maximum Gasteiger partial charge on any atom is 0.251 e. The van der Waals surface area contributed by atoms with E-state index in [0.29, 0.717) is 15.6 Å². The van der Waals surface area contributed by atoms with Gasteiger partial charge in [0.15, 0.2) is 0 Å². The molecule has 0 unspecified atom stereocenters. The summed E-state index contributed by atoms with van der Waals surface area (Å²) in [6, 6.07) is 9.97. The predicted octanol–water partition coefficient (Wildman–Crippen LogP) is 3.55. The molecule has 1 N–H and O–H groups in total. The second-order valence-electron chi connectivity index (χ2n) is 6.06. The molecule has 0 saturated carbocycles. The van der Waals surface area contributed by atoms with Crippen LogP contribution in [0.4, 0.5) is 4.39 Å². The number of nitrogens with one attached hydrogen (secondary N) is 1. The van der Waals surface area contributed by atoms with Gasteiger partial charge in [-0.05, 0) is 56.3 Å². The molecule has 0 aliphatic carbocycles. The lowest BCUT2D eigenvalue weighted by Crippen LogP contribution is -2.33. The standard InChI is InChI=1S/C18H20BrFN2O3S/c1-12(2)22(3)26(24,25)16-7-4-13(5-8-16)18(23)21-11-14-10-15(19)6-9-17(14)20/h4-10,12H,11H2,1-3H3,(H,21,23). The maximum atomic E-state index is 13.7. The predicted molar refractivity (Wildman–Crippen MR) is 102 cm³/mol. The monoisotopic (exact) mass is 442 g/mol. The molecular formula is C18H20BrFN2O3S. The van der Waals surface area contributed by atoms with Gasteiger partial charge in [-0.3, -0.25) is 4.79 Å². The molecule has 8 heteroatoms. The number of halogens is 2. The minimum absolute atomic E-state index is 0.0280. The summed E-state index contributed by atoms with van der Waals surface area (Å²) in [7, 11) is -2.09. The minimum Gasteiger partial charge on any atom is -0.348 e. The average molecular weight is 443 g/mol. The smallest absolute Gasteiger partial charge is 0.251 e. The van der Waals surface area contributed by atoms with Crippen LogP contribution in [-0.4, -0.2) is 31.7 Å². The van der Waals surface area contributed by atoms with E-state index in [2.05, 4.69) is 21.2 Å². The molecule has 0 aliphatic rings. The number of carbonyl (C=O) groups excluding carboxylic acids is 1. The summed E-state index contributed by atoms with van der Waals surface area (Å²) in [4.78, 5) is 12.3. The fraction of sp³-hybridized carbons (Fsp3) is 0.278. The number of hydrogen-bond donors (Lipinski definition) is 1. The van der Waals surface area contributed by atoms with E-state index in [1.807, 2.05) is 0 Å². The van der Waals surface area contributed by atoms with Crippen LogP contribution < -0.4 is 5.32 Å². The van der Waals surface area contributed by atoms with E-state index in [0.717, 1.165) is 0 Å². The molecule has 0 fully saturated rings. The summed E-state index contributed by atoms with van der Waals surface area (Å²) in [5.74, 6) is -0.822. The molecule has 0 radical (unpaired) electrons. The number of amides is 1. The molecule has 2 rings (SSSR count). The van der Waals surface area contributed by atoms with Crippen LogP contribution in [0.1, 0.15) is 29.8 Å². The van der Waals surface area contributed by atoms with Crippen molar-refractivity contribution in [3.8, 4) is 0 Å². The molecule has 0 aliphatic heterocycles. The van der Waals surface area contributed by atoms with Crippen molar-refractivity contribution in [3.63, 3.8) is 0 Å². The van der Waals surface area contributed by atoms with Crippen LogP contribution >= 0.6 is 15.9 Å². The Morgan fingerprint density at radius 1 is 1.19 bits per heavy atom. The fourth-order valence-electron chi connectivity index (χ4n) is 2.18. The molecule has 2 aromatic rings. The quantitative estimate of drug-likeness (QED) is 0.743. The third kappa shape index (κ3) is 4.69. The van der Waals surface area contributed by atoms with E-state index in [9.17, 15) is 17.6 Å². The molecule has 1 amide bonds. The number of sulfonamides is 1. The van der Waals surface area contributed by atoms with Gasteiger partial charge in [0, 0.05) is 35.2 Å². The first-order valence-corrected chi connectivity index (χ1v) is 10.2. The van der Waals surface area contributed by atoms with Gasteiger partial charge >= 0.3 is 0 Å². The number of rotatable bonds is 6. The zero-order valence-corrected chi connectivity index (χ0v) is 17.1. The summed E-state index contributed by atoms with van der Waals surface area (Å²) < 4.78 is 40.5. The van der Waals surface area contributed by atoms with Crippen molar-refractivity contribution in [2.24, 2.45) is 0 Å². The number of nitrogens with zero attached hydrogens (tertiary/aromatic N) is 1. The highest BCUT2D eigenvalue weighted by Crippen LogP contribution is 2.18. The molecule has 0 heterocycles. The zero-order chi connectivity index (χ0) is 19.5. The van der Waals surface area contributed by atoms with E-state index in [1.54, 1.807) is 26.0 Å². The van der Waals surface area contributed by atoms with Crippen molar-refractivity contribution in [2.45, 2.75) is 31.3 Å². The lowest BCUT2D eigenvalue weighted by Gasteiger charge is -2.21. The van der Waals surface area contributed by atoms with E-state index < -0.39 is 21.7 Å². The Hall–Kier alpha value is -1.77. The van der Waals surface area contributed by atoms with Gasteiger partial charge in [-0.25, -0.2) is 12.8 Å². The summed E-state index contributed by atoms with van der Waals surface area (Å²) in [6.07, 6.45) is 0. The highest BCUT2D eigenvalue weighted by atomic mass is 79.9. The maximum absolute atomic E-state index is 13.7. The molecule has 140 valence electrons. The van der Waals surface area contributed by atoms with Crippen molar-refractivity contribution in [1.82, 2.24) is 9.62 Å². The molecular weight excluding hydrogens is 423 g/mol. The van der Waals surface area contributed by atoms with Crippen LogP contribution in [-0.2, 0) is 16.6 Å².